The Hall–Kier alpha value is -0.380. The quantitative estimate of drug-likeness (QED) is 0.640. The Bertz CT molecular complexity index is 538. The SMILES string of the molecule is C=CCN1CC(O)c2cc(S(N)(=O)=O)sc2S1. The Morgan fingerprint density at radius 1 is 1.71 bits per heavy atom. The van der Waals surface area contributed by atoms with Crippen molar-refractivity contribution in [3.63, 3.8) is 0 Å². The molecule has 0 bridgehead atoms. The van der Waals surface area contributed by atoms with Crippen LogP contribution in [-0.2, 0) is 10.0 Å². The molecule has 0 amide bonds. The minimum atomic E-state index is -3.69. The summed E-state index contributed by atoms with van der Waals surface area (Å²) in [4.78, 5) is 0. The number of hydrogen-bond donors (Lipinski definition) is 2. The summed E-state index contributed by atoms with van der Waals surface area (Å²) in [6.07, 6.45) is 1.05. The van der Waals surface area contributed by atoms with Gasteiger partial charge in [-0.25, -0.2) is 17.9 Å². The van der Waals surface area contributed by atoms with Crippen LogP contribution >= 0.6 is 23.3 Å². The van der Waals surface area contributed by atoms with Gasteiger partial charge in [-0.15, -0.1) is 17.9 Å². The molecule has 5 nitrogen and oxygen atoms in total. The minimum Gasteiger partial charge on any atom is -0.387 e. The fourth-order valence-electron chi connectivity index (χ4n) is 1.51. The van der Waals surface area contributed by atoms with Crippen molar-refractivity contribution >= 4 is 33.3 Å². The smallest absolute Gasteiger partial charge is 0.247 e. The number of thiophene rings is 1. The summed E-state index contributed by atoms with van der Waals surface area (Å²) in [6, 6.07) is 1.46. The molecule has 0 spiro atoms. The number of rotatable bonds is 3. The topological polar surface area (TPSA) is 83.6 Å². The van der Waals surface area contributed by atoms with E-state index < -0.39 is 16.1 Å². The molecule has 94 valence electrons. The fraction of sp³-hybridized carbons (Fsp3) is 0.333. The molecule has 0 saturated carbocycles. The van der Waals surface area contributed by atoms with Crippen LogP contribution in [0.3, 0.4) is 0 Å². The van der Waals surface area contributed by atoms with Crippen LogP contribution in [0.15, 0.2) is 27.1 Å². The number of fused-ring (bicyclic) bond motifs is 1. The van der Waals surface area contributed by atoms with Gasteiger partial charge in [0.2, 0.25) is 10.0 Å². The second kappa shape index (κ2) is 4.71. The lowest BCUT2D eigenvalue weighted by Crippen LogP contribution is -2.26. The van der Waals surface area contributed by atoms with E-state index in [1.54, 1.807) is 6.08 Å². The van der Waals surface area contributed by atoms with Crippen molar-refractivity contribution in [3.8, 4) is 0 Å². The molecule has 1 atom stereocenters. The maximum atomic E-state index is 11.2. The Morgan fingerprint density at radius 3 is 3.00 bits per heavy atom. The highest BCUT2D eigenvalue weighted by atomic mass is 32.3. The first-order valence-electron chi connectivity index (χ1n) is 4.80. The van der Waals surface area contributed by atoms with Gasteiger partial charge in [0.05, 0.1) is 10.3 Å². The molecule has 0 aliphatic carbocycles. The van der Waals surface area contributed by atoms with Crippen LogP contribution in [0.25, 0.3) is 0 Å². The third kappa shape index (κ3) is 2.72. The van der Waals surface area contributed by atoms with E-state index in [-0.39, 0.29) is 4.21 Å². The number of primary sulfonamides is 1. The molecule has 8 heteroatoms. The molecule has 0 fully saturated rings. The molecule has 1 aliphatic rings. The van der Waals surface area contributed by atoms with Crippen molar-refractivity contribution in [1.29, 1.82) is 0 Å². The van der Waals surface area contributed by atoms with Gasteiger partial charge in [0.15, 0.2) is 0 Å². The third-order valence-corrected chi connectivity index (χ3v) is 6.06. The zero-order valence-electron chi connectivity index (χ0n) is 8.87. The van der Waals surface area contributed by atoms with E-state index in [1.165, 1.54) is 18.0 Å². The van der Waals surface area contributed by atoms with E-state index in [1.807, 2.05) is 4.31 Å². The zero-order chi connectivity index (χ0) is 12.6. The minimum absolute atomic E-state index is 0.0921. The highest BCUT2D eigenvalue weighted by Gasteiger charge is 2.28. The van der Waals surface area contributed by atoms with Crippen LogP contribution in [0, 0.1) is 0 Å². The van der Waals surface area contributed by atoms with Crippen LogP contribution in [0.2, 0.25) is 0 Å². The molecule has 17 heavy (non-hydrogen) atoms. The summed E-state index contributed by atoms with van der Waals surface area (Å²) < 4.78 is 25.2. The van der Waals surface area contributed by atoms with Gasteiger partial charge in [0.1, 0.15) is 4.21 Å². The van der Waals surface area contributed by atoms with Crippen LogP contribution in [0.1, 0.15) is 11.7 Å². The maximum absolute atomic E-state index is 11.2. The molecule has 1 aromatic rings. The van der Waals surface area contributed by atoms with Crippen LogP contribution in [0.4, 0.5) is 0 Å². The average Bonchev–Trinajstić information content (AvgIpc) is 2.61. The van der Waals surface area contributed by atoms with Crippen molar-refractivity contribution < 1.29 is 13.5 Å². The predicted octanol–water partition coefficient (Wildman–Crippen LogP) is 0.938. The van der Waals surface area contributed by atoms with Gasteiger partial charge < -0.3 is 5.11 Å². The normalized spacial score (nSPS) is 21.2. The fourth-order valence-corrected chi connectivity index (χ4v) is 5.02. The summed E-state index contributed by atoms with van der Waals surface area (Å²) >= 11 is 2.51. The molecule has 1 unspecified atom stereocenters. The monoisotopic (exact) mass is 292 g/mol. The molecule has 0 saturated heterocycles. The number of hydrogen-bond acceptors (Lipinski definition) is 6. The summed E-state index contributed by atoms with van der Waals surface area (Å²) in [7, 11) is -3.69. The third-order valence-electron chi connectivity index (χ3n) is 2.26. The molecule has 2 heterocycles. The van der Waals surface area contributed by atoms with Gasteiger partial charge in [0, 0.05) is 18.7 Å². The molecule has 0 aromatic carbocycles. The number of nitrogens with zero attached hydrogens (tertiary/aromatic N) is 1. The van der Waals surface area contributed by atoms with Gasteiger partial charge in [-0.1, -0.05) is 6.08 Å². The van der Waals surface area contributed by atoms with Gasteiger partial charge in [-0.05, 0) is 18.0 Å². The van der Waals surface area contributed by atoms with E-state index in [9.17, 15) is 13.5 Å². The number of β-amino-alcohol motifs (C(OH)–C–C–N with tert-alkyl or cyclic N) is 1. The van der Waals surface area contributed by atoms with Crippen molar-refractivity contribution in [2.75, 3.05) is 13.1 Å². The zero-order valence-corrected chi connectivity index (χ0v) is 11.3. The van der Waals surface area contributed by atoms with E-state index >= 15 is 0 Å². The lowest BCUT2D eigenvalue weighted by molar-refractivity contribution is 0.148. The van der Waals surface area contributed by atoms with Crippen LogP contribution in [0.5, 0.6) is 0 Å². The molecular weight excluding hydrogens is 280 g/mol. The summed E-state index contributed by atoms with van der Waals surface area (Å²) in [5.41, 5.74) is 0.643. The van der Waals surface area contributed by atoms with Crippen LogP contribution < -0.4 is 5.14 Å². The second-order valence-electron chi connectivity index (χ2n) is 3.60. The molecule has 3 N–H and O–H groups in total. The van der Waals surface area contributed by atoms with Gasteiger partial charge in [-0.3, -0.25) is 0 Å². The van der Waals surface area contributed by atoms with E-state index in [0.717, 1.165) is 15.5 Å². The number of aliphatic hydroxyl groups excluding tert-OH is 1. The first kappa shape index (κ1) is 13.1. The van der Waals surface area contributed by atoms with Crippen LogP contribution in [-0.4, -0.2) is 30.9 Å². The molecule has 1 aromatic heterocycles. The van der Waals surface area contributed by atoms with Crippen molar-refractivity contribution in [2.45, 2.75) is 14.5 Å². The summed E-state index contributed by atoms with van der Waals surface area (Å²) in [5, 5.41) is 15.0. The molecular formula is C9H12N2O3S3. The Labute approximate surface area is 108 Å². The first-order chi connectivity index (χ1) is 7.91. The lowest BCUT2D eigenvalue weighted by atomic mass is 10.2. The van der Waals surface area contributed by atoms with E-state index in [2.05, 4.69) is 6.58 Å². The lowest BCUT2D eigenvalue weighted by Gasteiger charge is -2.27. The molecule has 1 aliphatic heterocycles. The first-order valence-corrected chi connectivity index (χ1v) is 7.94. The van der Waals surface area contributed by atoms with Gasteiger partial charge in [-0.2, -0.15) is 0 Å². The summed E-state index contributed by atoms with van der Waals surface area (Å²) in [5.74, 6) is 0. The molecule has 2 rings (SSSR count). The van der Waals surface area contributed by atoms with Crippen molar-refractivity contribution in [3.05, 3.63) is 24.3 Å². The Kier molecular flexibility index (Phi) is 3.62. The highest BCUT2D eigenvalue weighted by molar-refractivity contribution is 7.99. The average molecular weight is 292 g/mol. The largest absolute Gasteiger partial charge is 0.387 e. The van der Waals surface area contributed by atoms with E-state index in [0.29, 0.717) is 18.7 Å². The van der Waals surface area contributed by atoms with E-state index in [4.69, 9.17) is 5.14 Å². The predicted molar refractivity (Wildman–Crippen MR) is 68.3 cm³/mol. The van der Waals surface area contributed by atoms with Gasteiger partial charge >= 0.3 is 0 Å². The molecule has 0 radical (unpaired) electrons. The highest BCUT2D eigenvalue weighted by Crippen LogP contribution is 2.43. The second-order valence-corrected chi connectivity index (χ2v) is 7.80. The van der Waals surface area contributed by atoms with Gasteiger partial charge in [0.25, 0.3) is 0 Å². The standard InChI is InChI=1S/C9H12N2O3S3/c1-2-3-11-5-7(12)6-4-8(17(10,13)14)15-9(6)16-11/h2,4,7,12H,1,3,5H2,(H2,10,13,14). The Balaban J connectivity index is 2.35. The number of sulfonamides is 1. The van der Waals surface area contributed by atoms with Crippen molar-refractivity contribution in [1.82, 2.24) is 4.31 Å². The number of aliphatic hydroxyl groups is 1. The Morgan fingerprint density at radius 2 is 2.41 bits per heavy atom. The maximum Gasteiger partial charge on any atom is 0.247 e. The number of nitrogens with two attached hydrogens (primary N) is 1. The summed E-state index contributed by atoms with van der Waals surface area (Å²) in [6.45, 7) is 4.71. The van der Waals surface area contributed by atoms with Crippen molar-refractivity contribution in [2.24, 2.45) is 5.14 Å².